The van der Waals surface area contributed by atoms with Gasteiger partial charge >= 0.3 is 0 Å². The number of thiophene rings is 1. The summed E-state index contributed by atoms with van der Waals surface area (Å²) in [6, 6.07) is 56.8. The molecule has 0 atom stereocenters. The fourth-order valence-electron chi connectivity index (χ4n) is 7.07. The SMILES string of the molecule is c1ccc(-c2ccccc2-c2ccccc2-c2nc(-c3ccc4c(c3)oc3ccccc34)nc(-c3cccc4sc5ccccc5c34)n2)cc1. The predicted octanol–water partition coefficient (Wildman–Crippen LogP) is 12.5. The smallest absolute Gasteiger partial charge is 0.164 e. The van der Waals surface area contributed by atoms with E-state index in [2.05, 4.69) is 140 Å². The van der Waals surface area contributed by atoms with Crippen LogP contribution in [-0.2, 0) is 0 Å². The number of furan rings is 1. The number of hydrogen-bond donors (Lipinski definition) is 0. The monoisotopic (exact) mass is 657 g/mol. The highest BCUT2D eigenvalue weighted by molar-refractivity contribution is 7.25. The van der Waals surface area contributed by atoms with Gasteiger partial charge in [-0.1, -0.05) is 133 Å². The standard InChI is InChI=1S/C45H27N3OS/c1-2-13-28(14-3-1)30-15-4-5-16-31(30)32-17-6-7-19-35(32)44-46-43(29-25-26-34-33-18-8-10-22-38(33)49-39(34)27-29)47-45(48-44)37-21-12-24-41-42(37)36-20-9-11-23-40(36)50-41/h1-27H. The highest BCUT2D eigenvalue weighted by Gasteiger charge is 2.20. The van der Waals surface area contributed by atoms with E-state index < -0.39 is 0 Å². The number of nitrogens with zero attached hydrogens (tertiary/aromatic N) is 3. The number of benzene rings is 7. The molecule has 0 saturated heterocycles. The highest BCUT2D eigenvalue weighted by Crippen LogP contribution is 2.42. The first kappa shape index (κ1) is 28.6. The molecule has 10 rings (SSSR count). The van der Waals surface area contributed by atoms with Crippen LogP contribution in [-0.4, -0.2) is 15.0 Å². The quantitative estimate of drug-likeness (QED) is 0.185. The average Bonchev–Trinajstić information content (AvgIpc) is 3.76. The third-order valence-corrected chi connectivity index (χ3v) is 10.5. The lowest BCUT2D eigenvalue weighted by atomic mass is 9.91. The lowest BCUT2D eigenvalue weighted by Crippen LogP contribution is -2.01. The van der Waals surface area contributed by atoms with Crippen LogP contribution in [0.1, 0.15) is 0 Å². The van der Waals surface area contributed by atoms with Crippen molar-refractivity contribution in [3.8, 4) is 56.4 Å². The molecule has 234 valence electrons. The number of hydrogen-bond acceptors (Lipinski definition) is 5. The summed E-state index contributed by atoms with van der Waals surface area (Å²) in [5.74, 6) is 1.84. The molecule has 0 fully saturated rings. The van der Waals surface area contributed by atoms with E-state index in [9.17, 15) is 0 Å². The number of rotatable bonds is 5. The first-order valence-electron chi connectivity index (χ1n) is 16.6. The Morgan fingerprint density at radius 2 is 0.940 bits per heavy atom. The van der Waals surface area contributed by atoms with Crippen molar-refractivity contribution in [2.45, 2.75) is 0 Å². The molecule has 10 aromatic rings. The Hall–Kier alpha value is -6.43. The zero-order valence-corrected chi connectivity index (χ0v) is 27.6. The van der Waals surface area contributed by atoms with E-state index >= 15 is 0 Å². The predicted molar refractivity (Wildman–Crippen MR) is 207 cm³/mol. The van der Waals surface area contributed by atoms with Crippen LogP contribution in [0.2, 0.25) is 0 Å². The summed E-state index contributed by atoms with van der Waals surface area (Å²) in [6.45, 7) is 0. The van der Waals surface area contributed by atoms with Gasteiger partial charge in [0.2, 0.25) is 0 Å². The minimum atomic E-state index is 0.593. The number of fused-ring (bicyclic) bond motifs is 6. The van der Waals surface area contributed by atoms with Gasteiger partial charge in [0.15, 0.2) is 17.5 Å². The van der Waals surface area contributed by atoms with Crippen LogP contribution in [0.15, 0.2) is 168 Å². The molecule has 0 bridgehead atoms. The molecule has 0 N–H and O–H groups in total. The zero-order chi connectivity index (χ0) is 33.0. The second-order valence-corrected chi connectivity index (χ2v) is 13.4. The third kappa shape index (κ3) is 4.71. The molecular formula is C45H27N3OS. The molecular weight excluding hydrogens is 631 g/mol. The molecule has 5 heteroatoms. The summed E-state index contributed by atoms with van der Waals surface area (Å²) in [5.41, 5.74) is 8.93. The van der Waals surface area contributed by atoms with Crippen LogP contribution in [0.25, 0.3) is 98.5 Å². The largest absolute Gasteiger partial charge is 0.456 e. The van der Waals surface area contributed by atoms with Gasteiger partial charge in [-0.2, -0.15) is 0 Å². The summed E-state index contributed by atoms with van der Waals surface area (Å²) in [6.07, 6.45) is 0. The van der Waals surface area contributed by atoms with Gasteiger partial charge in [0.1, 0.15) is 11.2 Å². The van der Waals surface area contributed by atoms with Crippen molar-refractivity contribution in [2.75, 3.05) is 0 Å². The molecule has 50 heavy (non-hydrogen) atoms. The van der Waals surface area contributed by atoms with E-state index in [-0.39, 0.29) is 0 Å². The fourth-order valence-corrected chi connectivity index (χ4v) is 8.20. The van der Waals surface area contributed by atoms with Crippen LogP contribution in [0.5, 0.6) is 0 Å². The van der Waals surface area contributed by atoms with Crippen molar-refractivity contribution in [1.82, 2.24) is 15.0 Å². The second-order valence-electron chi connectivity index (χ2n) is 12.3. The van der Waals surface area contributed by atoms with E-state index in [1.54, 1.807) is 11.3 Å². The Balaban J connectivity index is 1.23. The maximum Gasteiger partial charge on any atom is 0.164 e. The maximum absolute atomic E-state index is 6.30. The molecule has 0 radical (unpaired) electrons. The maximum atomic E-state index is 6.30. The van der Waals surface area contributed by atoms with Crippen LogP contribution >= 0.6 is 11.3 Å². The molecule has 0 unspecified atom stereocenters. The van der Waals surface area contributed by atoms with E-state index in [1.165, 1.54) is 14.8 Å². The molecule has 4 nitrogen and oxygen atoms in total. The Kier molecular flexibility index (Phi) is 6.64. The normalized spacial score (nSPS) is 11.6. The van der Waals surface area contributed by atoms with Crippen LogP contribution in [0.4, 0.5) is 0 Å². The van der Waals surface area contributed by atoms with Gasteiger partial charge < -0.3 is 4.42 Å². The lowest BCUT2D eigenvalue weighted by molar-refractivity contribution is 0.669. The average molecular weight is 658 g/mol. The van der Waals surface area contributed by atoms with Crippen molar-refractivity contribution in [1.29, 1.82) is 0 Å². The molecule has 7 aromatic carbocycles. The van der Waals surface area contributed by atoms with Gasteiger partial charge in [0.05, 0.1) is 0 Å². The Labute approximate surface area is 292 Å². The molecule has 3 aromatic heterocycles. The first-order chi connectivity index (χ1) is 24.8. The highest BCUT2D eigenvalue weighted by atomic mass is 32.1. The summed E-state index contributed by atoms with van der Waals surface area (Å²) in [7, 11) is 0. The van der Waals surface area contributed by atoms with Crippen molar-refractivity contribution in [2.24, 2.45) is 0 Å². The summed E-state index contributed by atoms with van der Waals surface area (Å²) < 4.78 is 8.74. The molecule has 0 saturated carbocycles. The van der Waals surface area contributed by atoms with E-state index in [0.29, 0.717) is 17.5 Å². The molecule has 0 spiro atoms. The Bertz CT molecular complexity index is 2890. The first-order valence-corrected chi connectivity index (χ1v) is 17.4. The van der Waals surface area contributed by atoms with Gasteiger partial charge in [-0.05, 0) is 52.6 Å². The Morgan fingerprint density at radius 3 is 1.78 bits per heavy atom. The van der Waals surface area contributed by atoms with Gasteiger partial charge in [0.25, 0.3) is 0 Å². The molecule has 3 heterocycles. The zero-order valence-electron chi connectivity index (χ0n) is 26.7. The minimum absolute atomic E-state index is 0.593. The topological polar surface area (TPSA) is 51.8 Å². The molecule has 0 aliphatic rings. The summed E-state index contributed by atoms with van der Waals surface area (Å²) >= 11 is 1.79. The van der Waals surface area contributed by atoms with Crippen molar-refractivity contribution in [3.63, 3.8) is 0 Å². The summed E-state index contributed by atoms with van der Waals surface area (Å²) in [5, 5.41) is 4.52. The van der Waals surface area contributed by atoms with Gasteiger partial charge in [-0.3, -0.25) is 0 Å². The van der Waals surface area contributed by atoms with E-state index in [1.807, 2.05) is 24.3 Å². The lowest BCUT2D eigenvalue weighted by Gasteiger charge is -2.15. The molecule has 0 aliphatic heterocycles. The van der Waals surface area contributed by atoms with Gasteiger partial charge in [0, 0.05) is 47.6 Å². The third-order valence-electron chi connectivity index (χ3n) is 9.39. The van der Waals surface area contributed by atoms with E-state index in [0.717, 1.165) is 66.3 Å². The van der Waals surface area contributed by atoms with Crippen molar-refractivity contribution < 1.29 is 4.42 Å². The minimum Gasteiger partial charge on any atom is -0.456 e. The summed E-state index contributed by atoms with van der Waals surface area (Å²) in [4.78, 5) is 15.7. The number of aromatic nitrogens is 3. The number of para-hydroxylation sites is 1. The van der Waals surface area contributed by atoms with Crippen molar-refractivity contribution in [3.05, 3.63) is 164 Å². The second kappa shape index (κ2) is 11.6. The van der Waals surface area contributed by atoms with Crippen LogP contribution in [0.3, 0.4) is 0 Å². The van der Waals surface area contributed by atoms with E-state index in [4.69, 9.17) is 19.4 Å². The fraction of sp³-hybridized carbons (Fsp3) is 0. The van der Waals surface area contributed by atoms with Crippen LogP contribution in [0, 0.1) is 0 Å². The Morgan fingerprint density at radius 1 is 0.360 bits per heavy atom. The van der Waals surface area contributed by atoms with Gasteiger partial charge in [-0.25, -0.2) is 15.0 Å². The molecule has 0 amide bonds. The van der Waals surface area contributed by atoms with Crippen molar-refractivity contribution >= 4 is 53.4 Å². The van der Waals surface area contributed by atoms with Gasteiger partial charge in [-0.15, -0.1) is 11.3 Å². The molecule has 0 aliphatic carbocycles. The van der Waals surface area contributed by atoms with Crippen LogP contribution < -0.4 is 0 Å².